The van der Waals surface area contributed by atoms with E-state index in [-0.39, 0.29) is 0 Å². The summed E-state index contributed by atoms with van der Waals surface area (Å²) >= 11 is 1.48. The number of anilines is 2. The lowest BCUT2D eigenvalue weighted by Gasteiger charge is -2.18. The van der Waals surface area contributed by atoms with Crippen molar-refractivity contribution in [1.29, 1.82) is 5.26 Å². The summed E-state index contributed by atoms with van der Waals surface area (Å²) in [6, 6.07) is 9.65. The molecule has 0 aliphatic rings. The van der Waals surface area contributed by atoms with Gasteiger partial charge in [-0.2, -0.15) is 5.26 Å². The molecule has 0 aliphatic carbocycles. The van der Waals surface area contributed by atoms with Gasteiger partial charge in [0, 0.05) is 23.8 Å². The number of aromatic nitrogens is 1. The summed E-state index contributed by atoms with van der Waals surface area (Å²) in [5.41, 5.74) is 7.26. The number of nitrogens with two attached hydrogens (primary N) is 1. The Kier molecular flexibility index (Phi) is 3.26. The molecular formula is C12H12N4S. The van der Waals surface area contributed by atoms with Crippen molar-refractivity contribution in [3.63, 3.8) is 0 Å². The highest BCUT2D eigenvalue weighted by atomic mass is 32.1. The van der Waals surface area contributed by atoms with Crippen molar-refractivity contribution in [3.05, 3.63) is 40.9 Å². The lowest BCUT2D eigenvalue weighted by atomic mass is 10.2. The van der Waals surface area contributed by atoms with E-state index in [2.05, 4.69) is 16.0 Å². The largest absolute Gasteiger partial charge is 0.375 e. The number of nitrogen functional groups attached to an aromatic ring is 1. The van der Waals surface area contributed by atoms with Crippen molar-refractivity contribution in [2.45, 2.75) is 6.54 Å². The molecule has 0 saturated carbocycles. The third-order valence-corrected chi connectivity index (χ3v) is 3.19. The smallest absolute Gasteiger partial charge is 0.180 e. The molecule has 0 bridgehead atoms. The van der Waals surface area contributed by atoms with E-state index in [0.717, 1.165) is 17.1 Å². The molecule has 1 heterocycles. The lowest BCUT2D eigenvalue weighted by Crippen LogP contribution is -2.15. The van der Waals surface area contributed by atoms with E-state index in [4.69, 9.17) is 11.0 Å². The van der Waals surface area contributed by atoms with Gasteiger partial charge in [-0.15, -0.1) is 11.3 Å². The fourth-order valence-corrected chi connectivity index (χ4v) is 2.27. The van der Waals surface area contributed by atoms with Crippen molar-refractivity contribution in [2.75, 3.05) is 17.7 Å². The number of hydrogen-bond acceptors (Lipinski definition) is 5. The van der Waals surface area contributed by atoms with Gasteiger partial charge in [0.1, 0.15) is 0 Å². The number of rotatable bonds is 3. The minimum Gasteiger partial charge on any atom is -0.375 e. The van der Waals surface area contributed by atoms with Crippen LogP contribution in [0.5, 0.6) is 0 Å². The van der Waals surface area contributed by atoms with Crippen LogP contribution in [-0.2, 0) is 6.54 Å². The van der Waals surface area contributed by atoms with E-state index < -0.39 is 0 Å². The Bertz CT molecular complexity index is 556. The van der Waals surface area contributed by atoms with Crippen molar-refractivity contribution in [1.82, 2.24) is 4.98 Å². The van der Waals surface area contributed by atoms with Crippen LogP contribution in [0.25, 0.3) is 0 Å². The second-order valence-electron chi connectivity index (χ2n) is 3.68. The number of nitriles is 1. The Balaban J connectivity index is 2.14. The van der Waals surface area contributed by atoms with Crippen molar-refractivity contribution in [2.24, 2.45) is 0 Å². The second-order valence-corrected chi connectivity index (χ2v) is 4.83. The van der Waals surface area contributed by atoms with Gasteiger partial charge >= 0.3 is 0 Å². The summed E-state index contributed by atoms with van der Waals surface area (Å²) in [6.07, 6.45) is 1.78. The first kappa shape index (κ1) is 11.4. The monoisotopic (exact) mass is 244 g/mol. The Morgan fingerprint density at radius 2 is 2.35 bits per heavy atom. The molecule has 0 amide bonds. The van der Waals surface area contributed by atoms with Gasteiger partial charge < -0.3 is 10.6 Å². The summed E-state index contributed by atoms with van der Waals surface area (Å²) in [6.45, 7) is 0.740. The summed E-state index contributed by atoms with van der Waals surface area (Å²) in [5.74, 6) is 0. The highest BCUT2D eigenvalue weighted by molar-refractivity contribution is 7.15. The van der Waals surface area contributed by atoms with E-state index >= 15 is 0 Å². The lowest BCUT2D eigenvalue weighted by molar-refractivity contribution is 0.936. The van der Waals surface area contributed by atoms with Crippen molar-refractivity contribution < 1.29 is 0 Å². The minimum absolute atomic E-state index is 0.583. The fraction of sp³-hybridized carbons (Fsp3) is 0.167. The van der Waals surface area contributed by atoms with Gasteiger partial charge in [0.25, 0.3) is 0 Å². The predicted octanol–water partition coefficient (Wildman–Crippen LogP) is 2.23. The van der Waals surface area contributed by atoms with E-state index in [0.29, 0.717) is 10.7 Å². The van der Waals surface area contributed by atoms with E-state index in [1.54, 1.807) is 12.3 Å². The van der Waals surface area contributed by atoms with Gasteiger partial charge in [0.05, 0.1) is 18.2 Å². The van der Waals surface area contributed by atoms with Gasteiger partial charge in [0.2, 0.25) is 0 Å². The Morgan fingerprint density at radius 3 is 3.00 bits per heavy atom. The zero-order valence-corrected chi connectivity index (χ0v) is 10.2. The zero-order valence-electron chi connectivity index (χ0n) is 9.42. The quantitative estimate of drug-likeness (QED) is 0.899. The zero-order chi connectivity index (χ0) is 12.3. The first-order valence-corrected chi connectivity index (χ1v) is 5.92. The normalized spacial score (nSPS) is 9.88. The molecule has 0 unspecified atom stereocenters. The van der Waals surface area contributed by atoms with Crippen LogP contribution in [0.15, 0.2) is 30.5 Å². The fourth-order valence-electron chi connectivity index (χ4n) is 1.53. The topological polar surface area (TPSA) is 65.9 Å². The molecule has 4 nitrogen and oxygen atoms in total. The molecule has 5 heteroatoms. The van der Waals surface area contributed by atoms with Gasteiger partial charge in [-0.3, -0.25) is 0 Å². The van der Waals surface area contributed by atoms with Crippen LogP contribution in [0, 0.1) is 11.3 Å². The highest BCUT2D eigenvalue weighted by Gasteiger charge is 2.05. The molecule has 0 fully saturated rings. The first-order chi connectivity index (χ1) is 8.19. The summed E-state index contributed by atoms with van der Waals surface area (Å²) < 4.78 is 0. The van der Waals surface area contributed by atoms with E-state index in [1.165, 1.54) is 11.3 Å². The highest BCUT2D eigenvalue weighted by Crippen LogP contribution is 2.20. The molecule has 0 aliphatic heterocycles. The van der Waals surface area contributed by atoms with Crippen LogP contribution in [0.4, 0.5) is 10.8 Å². The Hall–Kier alpha value is -2.06. The summed E-state index contributed by atoms with van der Waals surface area (Å²) in [4.78, 5) is 7.18. The van der Waals surface area contributed by atoms with Gasteiger partial charge in [-0.1, -0.05) is 6.07 Å². The molecule has 2 rings (SSSR count). The third kappa shape index (κ3) is 2.74. The molecule has 0 saturated heterocycles. The maximum atomic E-state index is 8.84. The predicted molar refractivity (Wildman–Crippen MR) is 69.8 cm³/mol. The van der Waals surface area contributed by atoms with Gasteiger partial charge in [-0.05, 0) is 18.2 Å². The molecule has 2 N–H and O–H groups in total. The standard InChI is InChI=1S/C12H12N4S/c1-16(8-11-7-15-12(14)17-11)10-4-2-3-9(5-10)6-13/h2-5,7H,8H2,1H3,(H2,14,15). The first-order valence-electron chi connectivity index (χ1n) is 5.10. The summed E-state index contributed by atoms with van der Waals surface area (Å²) in [5, 5.41) is 9.43. The van der Waals surface area contributed by atoms with Crippen LogP contribution in [0.2, 0.25) is 0 Å². The summed E-state index contributed by atoms with van der Waals surface area (Å²) in [7, 11) is 1.98. The van der Waals surface area contributed by atoms with Crippen LogP contribution < -0.4 is 10.6 Å². The van der Waals surface area contributed by atoms with Crippen LogP contribution in [0.3, 0.4) is 0 Å². The third-order valence-electron chi connectivity index (χ3n) is 2.38. The number of benzene rings is 1. The second kappa shape index (κ2) is 4.85. The van der Waals surface area contributed by atoms with Crippen LogP contribution >= 0.6 is 11.3 Å². The molecule has 0 radical (unpaired) electrons. The maximum absolute atomic E-state index is 8.84. The molecule has 17 heavy (non-hydrogen) atoms. The maximum Gasteiger partial charge on any atom is 0.180 e. The number of nitrogens with zero attached hydrogens (tertiary/aromatic N) is 3. The molecular weight excluding hydrogens is 232 g/mol. The SMILES string of the molecule is CN(Cc1cnc(N)s1)c1cccc(C#N)c1. The van der Waals surface area contributed by atoms with E-state index in [9.17, 15) is 0 Å². The molecule has 1 aromatic carbocycles. The van der Waals surface area contributed by atoms with Gasteiger partial charge in [0.15, 0.2) is 5.13 Å². The number of thiazole rings is 1. The minimum atomic E-state index is 0.583. The van der Waals surface area contributed by atoms with Crippen LogP contribution in [0.1, 0.15) is 10.4 Å². The molecule has 86 valence electrons. The molecule has 2 aromatic rings. The van der Waals surface area contributed by atoms with Crippen LogP contribution in [-0.4, -0.2) is 12.0 Å². The molecule has 0 spiro atoms. The Labute approximate surface area is 104 Å². The molecule has 0 atom stereocenters. The molecule has 1 aromatic heterocycles. The average molecular weight is 244 g/mol. The number of hydrogen-bond donors (Lipinski definition) is 1. The van der Waals surface area contributed by atoms with E-state index in [1.807, 2.05) is 25.2 Å². The average Bonchev–Trinajstić information content (AvgIpc) is 2.75. The van der Waals surface area contributed by atoms with Gasteiger partial charge in [-0.25, -0.2) is 4.98 Å². The van der Waals surface area contributed by atoms with Crippen molar-refractivity contribution in [3.8, 4) is 6.07 Å². The van der Waals surface area contributed by atoms with Crippen molar-refractivity contribution >= 4 is 22.2 Å². The Morgan fingerprint density at radius 1 is 1.53 bits per heavy atom.